The second-order valence-electron chi connectivity index (χ2n) is 9.80. The topological polar surface area (TPSA) is 71.8 Å². The Kier molecular flexibility index (Phi) is 5.90. The summed E-state index contributed by atoms with van der Waals surface area (Å²) in [7, 11) is 2.17. The van der Waals surface area contributed by atoms with Crippen LogP contribution >= 0.6 is 0 Å². The number of nitrogens with zero attached hydrogens (tertiary/aromatic N) is 6. The maximum Gasteiger partial charge on any atom is 0.224 e. The van der Waals surface area contributed by atoms with Gasteiger partial charge in [-0.15, -0.1) is 0 Å². The molecule has 1 N–H and O–H groups in total. The molecule has 1 aliphatic carbocycles. The number of benzene rings is 1. The smallest absolute Gasteiger partial charge is 0.224 e. The molecule has 2 fully saturated rings. The second-order valence-corrected chi connectivity index (χ2v) is 9.80. The van der Waals surface area contributed by atoms with Crippen LogP contribution in [0.2, 0.25) is 0 Å². The molecule has 1 aliphatic heterocycles. The van der Waals surface area contributed by atoms with Crippen LogP contribution in [-0.2, 0) is 0 Å². The highest BCUT2D eigenvalue weighted by Gasteiger charge is 2.23. The van der Waals surface area contributed by atoms with Gasteiger partial charge in [-0.3, -0.25) is 4.57 Å². The lowest BCUT2D eigenvalue weighted by Crippen LogP contribution is -2.29. The first kappa shape index (κ1) is 22.1. The number of fused-ring (bicyclic) bond motifs is 1. The van der Waals surface area contributed by atoms with E-state index in [1.807, 2.05) is 10.6 Å². The quantitative estimate of drug-likeness (QED) is 0.432. The lowest BCUT2D eigenvalue weighted by atomic mass is 9.93. The highest BCUT2D eigenvalue weighted by molar-refractivity contribution is 5.80. The van der Waals surface area contributed by atoms with Gasteiger partial charge in [-0.05, 0) is 88.3 Å². The summed E-state index contributed by atoms with van der Waals surface area (Å²) in [6.45, 7) is 2.16. The number of aromatic nitrogens is 5. The molecule has 0 bridgehead atoms. The molecular formula is C27H30FN7. The Bertz CT molecular complexity index is 1320. The maximum absolute atomic E-state index is 13.7. The van der Waals surface area contributed by atoms with E-state index >= 15 is 0 Å². The van der Waals surface area contributed by atoms with Gasteiger partial charge in [0.05, 0.1) is 5.52 Å². The maximum atomic E-state index is 13.7. The minimum atomic E-state index is -0.274. The Balaban J connectivity index is 1.44. The first-order valence-corrected chi connectivity index (χ1v) is 12.6. The molecule has 4 heterocycles. The standard InChI is InChI=1S/C27H30FN7/c1-34-16-13-18(14-17-34)22-10-11-23-25(31-22)33-26(19-6-8-20(28)9-7-19)35(23)24-12-15-29-27(32-24)30-21-4-2-3-5-21/h6-12,15,18,21H,2-5,13-14,16-17H2,1H3,(H,29,30,32). The van der Waals surface area contributed by atoms with E-state index in [4.69, 9.17) is 15.0 Å². The zero-order valence-electron chi connectivity index (χ0n) is 20.0. The van der Waals surface area contributed by atoms with Crippen LogP contribution in [0.3, 0.4) is 0 Å². The van der Waals surface area contributed by atoms with Crippen molar-refractivity contribution in [3.05, 3.63) is 60.2 Å². The third-order valence-electron chi connectivity index (χ3n) is 7.34. The van der Waals surface area contributed by atoms with E-state index in [0.717, 1.165) is 61.4 Å². The predicted octanol–water partition coefficient (Wildman–Crippen LogP) is 5.18. The van der Waals surface area contributed by atoms with Gasteiger partial charge in [-0.2, -0.15) is 4.98 Å². The minimum Gasteiger partial charge on any atom is -0.351 e. The summed E-state index contributed by atoms with van der Waals surface area (Å²) in [5.41, 5.74) is 3.47. The first-order valence-electron chi connectivity index (χ1n) is 12.6. The molecule has 4 aromatic rings. The van der Waals surface area contributed by atoms with Crippen molar-refractivity contribution in [2.45, 2.75) is 50.5 Å². The summed E-state index contributed by atoms with van der Waals surface area (Å²) in [5.74, 6) is 2.20. The molecule has 1 saturated heterocycles. The fraction of sp³-hybridized carbons (Fsp3) is 0.407. The average Bonchev–Trinajstić information content (AvgIpc) is 3.52. The van der Waals surface area contributed by atoms with Gasteiger partial charge in [0.15, 0.2) is 5.65 Å². The number of anilines is 1. The summed E-state index contributed by atoms with van der Waals surface area (Å²) >= 11 is 0. The van der Waals surface area contributed by atoms with Crippen molar-refractivity contribution in [2.75, 3.05) is 25.5 Å². The molecular weight excluding hydrogens is 441 g/mol. The van der Waals surface area contributed by atoms with Gasteiger partial charge >= 0.3 is 0 Å². The van der Waals surface area contributed by atoms with Crippen molar-refractivity contribution < 1.29 is 4.39 Å². The molecule has 7 nitrogen and oxygen atoms in total. The van der Waals surface area contributed by atoms with Gasteiger partial charge < -0.3 is 10.2 Å². The lowest BCUT2D eigenvalue weighted by Gasteiger charge is -2.28. The van der Waals surface area contributed by atoms with Gasteiger partial charge in [0, 0.05) is 29.4 Å². The highest BCUT2D eigenvalue weighted by Crippen LogP contribution is 2.31. The molecule has 8 heteroatoms. The second kappa shape index (κ2) is 9.34. The number of likely N-dealkylation sites (tertiary alicyclic amines) is 1. The number of imidazole rings is 1. The summed E-state index contributed by atoms with van der Waals surface area (Å²) in [5, 5.41) is 3.49. The van der Waals surface area contributed by atoms with E-state index in [2.05, 4.69) is 34.4 Å². The van der Waals surface area contributed by atoms with Crippen molar-refractivity contribution in [1.82, 2.24) is 29.4 Å². The summed E-state index contributed by atoms with van der Waals surface area (Å²) in [6, 6.07) is 13.0. The molecule has 0 radical (unpaired) electrons. The van der Waals surface area contributed by atoms with Crippen molar-refractivity contribution >= 4 is 17.1 Å². The molecule has 0 atom stereocenters. The monoisotopic (exact) mass is 471 g/mol. The largest absolute Gasteiger partial charge is 0.351 e. The Morgan fingerprint density at radius 1 is 0.886 bits per heavy atom. The van der Waals surface area contributed by atoms with E-state index in [0.29, 0.717) is 29.4 Å². The van der Waals surface area contributed by atoms with Crippen LogP contribution in [0, 0.1) is 5.82 Å². The third-order valence-corrected chi connectivity index (χ3v) is 7.34. The van der Waals surface area contributed by atoms with Crippen LogP contribution in [0.15, 0.2) is 48.7 Å². The molecule has 6 rings (SSSR count). The third kappa shape index (κ3) is 4.50. The number of nitrogens with one attached hydrogen (secondary N) is 1. The Labute approximate surface area is 204 Å². The normalized spacial score (nSPS) is 17.9. The van der Waals surface area contributed by atoms with Crippen LogP contribution in [0.4, 0.5) is 10.3 Å². The molecule has 35 heavy (non-hydrogen) atoms. The SMILES string of the molecule is CN1CCC(c2ccc3c(n2)nc(-c2ccc(F)cc2)n3-c2ccnc(NC3CCCC3)n2)CC1. The van der Waals surface area contributed by atoms with E-state index in [1.54, 1.807) is 18.3 Å². The van der Waals surface area contributed by atoms with Crippen LogP contribution in [-0.4, -0.2) is 55.6 Å². The first-order chi connectivity index (χ1) is 17.1. The molecule has 180 valence electrons. The molecule has 3 aromatic heterocycles. The van der Waals surface area contributed by atoms with Crippen molar-refractivity contribution in [3.63, 3.8) is 0 Å². The molecule has 1 saturated carbocycles. The predicted molar refractivity (Wildman–Crippen MR) is 135 cm³/mol. The van der Waals surface area contributed by atoms with E-state index < -0.39 is 0 Å². The van der Waals surface area contributed by atoms with E-state index in [-0.39, 0.29) is 5.82 Å². The highest BCUT2D eigenvalue weighted by atomic mass is 19.1. The molecule has 0 spiro atoms. The molecule has 0 amide bonds. The number of hydrogen-bond acceptors (Lipinski definition) is 6. The Hall–Kier alpha value is -3.39. The minimum absolute atomic E-state index is 0.274. The number of hydrogen-bond donors (Lipinski definition) is 1. The fourth-order valence-corrected chi connectivity index (χ4v) is 5.33. The number of rotatable bonds is 5. The zero-order chi connectivity index (χ0) is 23.8. The average molecular weight is 472 g/mol. The Morgan fingerprint density at radius 3 is 2.43 bits per heavy atom. The van der Waals surface area contributed by atoms with Crippen molar-refractivity contribution in [2.24, 2.45) is 0 Å². The van der Waals surface area contributed by atoms with Crippen LogP contribution in [0.25, 0.3) is 28.4 Å². The van der Waals surface area contributed by atoms with Gasteiger partial charge in [0.25, 0.3) is 0 Å². The van der Waals surface area contributed by atoms with Gasteiger partial charge in [0.2, 0.25) is 5.95 Å². The number of halogens is 1. The molecule has 1 aromatic carbocycles. The van der Waals surface area contributed by atoms with Crippen molar-refractivity contribution in [3.8, 4) is 17.2 Å². The van der Waals surface area contributed by atoms with Gasteiger partial charge in [-0.25, -0.2) is 19.3 Å². The summed E-state index contributed by atoms with van der Waals surface area (Å²) in [4.78, 5) is 21.6. The van der Waals surface area contributed by atoms with Crippen LogP contribution < -0.4 is 5.32 Å². The Morgan fingerprint density at radius 2 is 1.66 bits per heavy atom. The molecule has 0 unspecified atom stereocenters. The van der Waals surface area contributed by atoms with E-state index in [1.165, 1.54) is 25.0 Å². The van der Waals surface area contributed by atoms with Crippen molar-refractivity contribution in [1.29, 1.82) is 0 Å². The van der Waals surface area contributed by atoms with Gasteiger partial charge in [0.1, 0.15) is 17.5 Å². The summed E-state index contributed by atoms with van der Waals surface area (Å²) in [6.07, 6.45) is 8.75. The number of piperidine rings is 1. The van der Waals surface area contributed by atoms with Crippen LogP contribution in [0.5, 0.6) is 0 Å². The fourth-order valence-electron chi connectivity index (χ4n) is 5.33. The van der Waals surface area contributed by atoms with Crippen LogP contribution in [0.1, 0.15) is 50.1 Å². The number of pyridine rings is 1. The van der Waals surface area contributed by atoms with Gasteiger partial charge in [-0.1, -0.05) is 12.8 Å². The zero-order valence-corrected chi connectivity index (χ0v) is 20.0. The van der Waals surface area contributed by atoms with E-state index in [9.17, 15) is 4.39 Å². The lowest BCUT2D eigenvalue weighted by molar-refractivity contribution is 0.253. The summed E-state index contributed by atoms with van der Waals surface area (Å²) < 4.78 is 15.7. The molecule has 2 aliphatic rings.